The Morgan fingerprint density at radius 2 is 1.83 bits per heavy atom. The SMILES string of the molecule is Cc1cccc(C)c1OCc1nnc(SCC(=O)Nc2cccc(C(=O)O)c2)n1C. The van der Waals surface area contributed by atoms with Crippen LogP contribution < -0.4 is 10.1 Å². The number of aromatic carboxylic acids is 1. The molecule has 9 heteroatoms. The van der Waals surface area contributed by atoms with E-state index in [2.05, 4.69) is 15.5 Å². The molecule has 0 aliphatic heterocycles. The van der Waals surface area contributed by atoms with Gasteiger partial charge in [-0.15, -0.1) is 10.2 Å². The van der Waals surface area contributed by atoms with Crippen LogP contribution in [0.25, 0.3) is 0 Å². The molecule has 8 nitrogen and oxygen atoms in total. The lowest BCUT2D eigenvalue weighted by Crippen LogP contribution is -2.15. The number of carboxylic acid groups (broad SMARTS) is 1. The van der Waals surface area contributed by atoms with Crippen molar-refractivity contribution in [2.75, 3.05) is 11.1 Å². The maximum Gasteiger partial charge on any atom is 0.335 e. The van der Waals surface area contributed by atoms with Crippen molar-refractivity contribution in [3.8, 4) is 5.75 Å². The Bertz CT molecular complexity index is 1060. The summed E-state index contributed by atoms with van der Waals surface area (Å²) in [4.78, 5) is 23.2. The maximum atomic E-state index is 12.2. The van der Waals surface area contributed by atoms with Crippen LogP contribution in [0.1, 0.15) is 27.3 Å². The molecule has 0 atom stereocenters. The van der Waals surface area contributed by atoms with Gasteiger partial charge >= 0.3 is 5.97 Å². The van der Waals surface area contributed by atoms with Gasteiger partial charge in [-0.2, -0.15) is 0 Å². The van der Waals surface area contributed by atoms with Gasteiger partial charge in [0, 0.05) is 12.7 Å². The number of hydrogen-bond donors (Lipinski definition) is 2. The fraction of sp³-hybridized carbons (Fsp3) is 0.238. The normalized spacial score (nSPS) is 10.6. The number of nitrogens with one attached hydrogen (secondary N) is 1. The first-order valence-corrected chi connectivity index (χ1v) is 10.2. The average Bonchev–Trinajstić information content (AvgIpc) is 3.06. The van der Waals surface area contributed by atoms with E-state index in [1.54, 1.807) is 16.7 Å². The zero-order valence-electron chi connectivity index (χ0n) is 16.9. The smallest absolute Gasteiger partial charge is 0.335 e. The third kappa shape index (κ3) is 5.18. The number of aromatic nitrogens is 3. The minimum atomic E-state index is -1.05. The Balaban J connectivity index is 1.56. The summed E-state index contributed by atoms with van der Waals surface area (Å²) in [6.45, 7) is 4.25. The standard InChI is InChI=1S/C21H22N4O4S/c1-13-6-4-7-14(2)19(13)29-11-17-23-24-21(25(17)3)30-12-18(26)22-16-9-5-8-15(10-16)20(27)28/h4-10H,11-12H2,1-3H3,(H,22,26)(H,27,28). The van der Waals surface area contributed by atoms with Crippen LogP contribution >= 0.6 is 11.8 Å². The van der Waals surface area contributed by atoms with E-state index in [9.17, 15) is 9.59 Å². The highest BCUT2D eigenvalue weighted by Crippen LogP contribution is 2.24. The Morgan fingerprint density at radius 3 is 2.53 bits per heavy atom. The van der Waals surface area contributed by atoms with Gasteiger partial charge in [-0.25, -0.2) is 4.79 Å². The van der Waals surface area contributed by atoms with Crippen LogP contribution in [0.5, 0.6) is 5.75 Å². The number of aryl methyl sites for hydroxylation is 2. The van der Waals surface area contributed by atoms with Crippen molar-refractivity contribution in [2.24, 2.45) is 7.05 Å². The first kappa shape index (κ1) is 21.4. The Labute approximate surface area is 178 Å². The first-order chi connectivity index (χ1) is 14.3. The van der Waals surface area contributed by atoms with Gasteiger partial charge in [0.2, 0.25) is 5.91 Å². The minimum Gasteiger partial charge on any atom is -0.485 e. The zero-order valence-corrected chi connectivity index (χ0v) is 17.7. The van der Waals surface area contributed by atoms with Gasteiger partial charge in [0.05, 0.1) is 11.3 Å². The van der Waals surface area contributed by atoms with Crippen molar-refractivity contribution in [1.29, 1.82) is 0 Å². The zero-order chi connectivity index (χ0) is 21.7. The Kier molecular flexibility index (Phi) is 6.73. The van der Waals surface area contributed by atoms with Gasteiger partial charge < -0.3 is 19.7 Å². The molecule has 0 aliphatic carbocycles. The van der Waals surface area contributed by atoms with Crippen molar-refractivity contribution in [3.63, 3.8) is 0 Å². The van der Waals surface area contributed by atoms with E-state index >= 15 is 0 Å². The number of hydrogen-bond acceptors (Lipinski definition) is 6. The number of carboxylic acids is 1. The van der Waals surface area contributed by atoms with Crippen LogP contribution in [0, 0.1) is 13.8 Å². The lowest BCUT2D eigenvalue weighted by Gasteiger charge is -2.11. The van der Waals surface area contributed by atoms with Crippen LogP contribution in [-0.4, -0.2) is 37.5 Å². The summed E-state index contributed by atoms with van der Waals surface area (Å²) >= 11 is 1.24. The number of benzene rings is 2. The molecular formula is C21H22N4O4S. The van der Waals surface area contributed by atoms with E-state index in [-0.39, 0.29) is 23.8 Å². The van der Waals surface area contributed by atoms with Crippen LogP contribution in [0.2, 0.25) is 0 Å². The number of nitrogens with zero attached hydrogens (tertiary/aromatic N) is 3. The third-order valence-corrected chi connectivity index (χ3v) is 5.43. The summed E-state index contributed by atoms with van der Waals surface area (Å²) < 4.78 is 7.71. The highest BCUT2D eigenvalue weighted by molar-refractivity contribution is 7.99. The summed E-state index contributed by atoms with van der Waals surface area (Å²) in [5, 5.41) is 20.6. The second kappa shape index (κ2) is 9.45. The molecule has 0 bridgehead atoms. The Hall–Kier alpha value is -3.33. The summed E-state index contributed by atoms with van der Waals surface area (Å²) in [5.74, 6) is 0.280. The fourth-order valence-electron chi connectivity index (χ4n) is 2.82. The molecule has 3 aromatic rings. The monoisotopic (exact) mass is 426 g/mol. The topological polar surface area (TPSA) is 106 Å². The first-order valence-electron chi connectivity index (χ1n) is 9.18. The predicted octanol–water partition coefficient (Wildman–Crippen LogP) is 3.44. The number of amides is 1. The molecule has 1 heterocycles. The van der Waals surface area contributed by atoms with Gasteiger partial charge in [-0.1, -0.05) is 36.0 Å². The molecule has 0 aliphatic rings. The molecule has 30 heavy (non-hydrogen) atoms. The largest absolute Gasteiger partial charge is 0.485 e. The molecule has 2 aromatic carbocycles. The summed E-state index contributed by atoms with van der Waals surface area (Å²) in [6, 6.07) is 12.1. The maximum absolute atomic E-state index is 12.2. The van der Waals surface area contributed by atoms with Crippen molar-refractivity contribution in [1.82, 2.24) is 14.8 Å². The molecule has 3 rings (SSSR count). The van der Waals surface area contributed by atoms with Gasteiger partial charge in [0.25, 0.3) is 0 Å². The van der Waals surface area contributed by atoms with Crippen molar-refractivity contribution < 1.29 is 19.4 Å². The minimum absolute atomic E-state index is 0.112. The van der Waals surface area contributed by atoms with Crippen LogP contribution in [0.3, 0.4) is 0 Å². The summed E-state index contributed by atoms with van der Waals surface area (Å²) in [5.41, 5.74) is 2.65. The highest BCUT2D eigenvalue weighted by Gasteiger charge is 2.14. The quantitative estimate of drug-likeness (QED) is 0.532. The second-order valence-corrected chi connectivity index (χ2v) is 7.63. The molecule has 1 aromatic heterocycles. The number of carbonyl (C=O) groups excluding carboxylic acids is 1. The van der Waals surface area contributed by atoms with Gasteiger partial charge in [-0.3, -0.25) is 4.79 Å². The molecule has 156 valence electrons. The van der Waals surface area contributed by atoms with Gasteiger partial charge in [0.1, 0.15) is 12.4 Å². The van der Waals surface area contributed by atoms with E-state index < -0.39 is 5.97 Å². The molecule has 0 saturated heterocycles. The molecular weight excluding hydrogens is 404 g/mol. The van der Waals surface area contributed by atoms with Crippen LogP contribution in [0.4, 0.5) is 5.69 Å². The Morgan fingerprint density at radius 1 is 1.13 bits per heavy atom. The number of anilines is 1. The summed E-state index contributed by atoms with van der Waals surface area (Å²) in [6.07, 6.45) is 0. The molecule has 1 amide bonds. The highest BCUT2D eigenvalue weighted by atomic mass is 32.2. The van der Waals surface area contributed by atoms with E-state index in [4.69, 9.17) is 9.84 Å². The number of thioether (sulfide) groups is 1. The van der Waals surface area contributed by atoms with Gasteiger partial charge in [0.15, 0.2) is 11.0 Å². The van der Waals surface area contributed by atoms with E-state index in [1.807, 2.05) is 39.1 Å². The van der Waals surface area contributed by atoms with Crippen molar-refractivity contribution in [2.45, 2.75) is 25.6 Å². The van der Waals surface area contributed by atoms with Crippen molar-refractivity contribution in [3.05, 3.63) is 65.0 Å². The predicted molar refractivity (Wildman–Crippen MR) is 114 cm³/mol. The molecule has 0 radical (unpaired) electrons. The molecule has 2 N–H and O–H groups in total. The van der Waals surface area contributed by atoms with Crippen molar-refractivity contribution >= 4 is 29.3 Å². The number of ether oxygens (including phenoxy) is 1. The van der Waals surface area contributed by atoms with E-state index in [0.717, 1.165) is 16.9 Å². The van der Waals surface area contributed by atoms with Crippen LogP contribution in [0.15, 0.2) is 47.6 Å². The molecule has 0 spiro atoms. The molecule has 0 fully saturated rings. The lowest BCUT2D eigenvalue weighted by molar-refractivity contribution is -0.113. The summed E-state index contributed by atoms with van der Waals surface area (Å²) in [7, 11) is 1.82. The fourth-order valence-corrected chi connectivity index (χ4v) is 3.55. The second-order valence-electron chi connectivity index (χ2n) is 6.69. The number of para-hydroxylation sites is 1. The average molecular weight is 426 g/mol. The van der Waals surface area contributed by atoms with Crippen LogP contribution in [-0.2, 0) is 18.4 Å². The van der Waals surface area contributed by atoms with E-state index in [1.165, 1.54) is 23.9 Å². The number of carbonyl (C=O) groups is 2. The molecule has 0 saturated carbocycles. The van der Waals surface area contributed by atoms with E-state index in [0.29, 0.717) is 16.7 Å². The number of rotatable bonds is 8. The van der Waals surface area contributed by atoms with Gasteiger partial charge in [-0.05, 0) is 43.2 Å². The lowest BCUT2D eigenvalue weighted by atomic mass is 10.1. The third-order valence-electron chi connectivity index (χ3n) is 4.41. The molecule has 0 unspecified atom stereocenters.